The molecule has 48 heavy (non-hydrogen) atoms. The maximum Gasteiger partial charge on any atom is 0.320 e. The van der Waals surface area contributed by atoms with Gasteiger partial charge in [0.15, 0.2) is 5.82 Å². The highest BCUT2D eigenvalue weighted by Crippen LogP contribution is 2.44. The summed E-state index contributed by atoms with van der Waals surface area (Å²) in [5.41, 5.74) is 5.81. The Labute approximate surface area is 278 Å². The Kier molecular flexibility index (Phi) is 8.39. The van der Waals surface area contributed by atoms with Crippen molar-refractivity contribution < 1.29 is 32.2 Å². The SMILES string of the molecule is C=CC(=O)N1CCC(Oc2nc(OCC34CCCN3CC(F)C4)nc3c(F)c(-c4ccc(F)c5sc(N)c(C#N)c45)ccc23)C1COC. The number of nitrogen functional groups attached to an aromatic ring is 1. The average Bonchev–Trinajstić information content (AvgIpc) is 3.82. The Morgan fingerprint density at radius 1 is 1.25 bits per heavy atom. The van der Waals surface area contributed by atoms with Gasteiger partial charge in [0.1, 0.15) is 41.3 Å². The molecule has 4 aromatic rings. The molecule has 1 amide bonds. The number of carbonyl (C=O) groups excluding carboxylic acids is 1. The fourth-order valence-corrected chi connectivity index (χ4v) is 8.46. The number of ether oxygens (including phenoxy) is 3. The van der Waals surface area contributed by atoms with Crippen molar-refractivity contribution in [2.24, 2.45) is 0 Å². The first-order chi connectivity index (χ1) is 23.2. The number of anilines is 1. The number of amides is 1. The van der Waals surface area contributed by atoms with Gasteiger partial charge in [0.2, 0.25) is 11.8 Å². The molecule has 0 saturated carbocycles. The topological polar surface area (TPSA) is 127 Å². The third-order valence-corrected chi connectivity index (χ3v) is 10.8. The lowest BCUT2D eigenvalue weighted by atomic mass is 9.95. The number of aromatic nitrogens is 2. The van der Waals surface area contributed by atoms with E-state index in [1.807, 2.05) is 6.07 Å². The maximum absolute atomic E-state index is 16.8. The smallest absolute Gasteiger partial charge is 0.320 e. The minimum atomic E-state index is -0.969. The molecule has 2 aromatic carbocycles. The van der Waals surface area contributed by atoms with E-state index in [4.69, 9.17) is 19.9 Å². The summed E-state index contributed by atoms with van der Waals surface area (Å²) in [6.07, 6.45) is 2.14. The number of thiophene rings is 1. The standard InChI is InChI=1S/C34H33F3N6O4S/c1-3-26(44)43-12-9-25(24(43)16-45-2)47-32-21-6-5-20(19-7-8-23(36)30-27(19)22(14-38)31(39)48-30)28(37)29(21)40-33(41-32)46-17-34-10-4-11-42(34)15-18(35)13-34/h3,5-8,18,24-25H,1,4,9-13,15-17,39H2,2H3. The van der Waals surface area contributed by atoms with E-state index in [0.717, 1.165) is 30.7 Å². The lowest BCUT2D eigenvalue weighted by Gasteiger charge is -2.31. The van der Waals surface area contributed by atoms with Gasteiger partial charge in [-0.15, -0.1) is 11.3 Å². The van der Waals surface area contributed by atoms with Crippen LogP contribution >= 0.6 is 11.3 Å². The second-order valence-corrected chi connectivity index (χ2v) is 13.5. The molecule has 2 aromatic heterocycles. The molecule has 7 rings (SSSR count). The number of methoxy groups -OCH3 is 1. The first-order valence-electron chi connectivity index (χ1n) is 15.7. The number of carbonyl (C=O) groups is 1. The molecule has 250 valence electrons. The van der Waals surface area contributed by atoms with E-state index in [1.165, 1.54) is 31.4 Å². The van der Waals surface area contributed by atoms with Gasteiger partial charge in [-0.3, -0.25) is 9.69 Å². The van der Waals surface area contributed by atoms with Crippen molar-refractivity contribution >= 4 is 43.2 Å². The zero-order valence-electron chi connectivity index (χ0n) is 26.2. The van der Waals surface area contributed by atoms with Gasteiger partial charge in [0.05, 0.1) is 33.8 Å². The summed E-state index contributed by atoms with van der Waals surface area (Å²) in [6.45, 7) is 5.38. The van der Waals surface area contributed by atoms with Gasteiger partial charge in [0.25, 0.3) is 0 Å². The third kappa shape index (κ3) is 5.30. The first-order valence-corrected chi connectivity index (χ1v) is 16.5. The largest absolute Gasteiger partial charge is 0.471 e. The van der Waals surface area contributed by atoms with Crippen molar-refractivity contribution in [1.82, 2.24) is 19.8 Å². The monoisotopic (exact) mass is 678 g/mol. The summed E-state index contributed by atoms with van der Waals surface area (Å²) in [5, 5.41) is 10.4. The Balaban J connectivity index is 1.33. The number of nitrogens with zero attached hydrogens (tertiary/aromatic N) is 5. The minimum absolute atomic E-state index is 0.0387. The molecule has 0 aliphatic carbocycles. The lowest BCUT2D eigenvalue weighted by molar-refractivity contribution is -0.128. The van der Waals surface area contributed by atoms with E-state index in [0.29, 0.717) is 25.9 Å². The van der Waals surface area contributed by atoms with Gasteiger partial charge in [-0.2, -0.15) is 15.2 Å². The van der Waals surface area contributed by atoms with E-state index in [-0.39, 0.29) is 73.7 Å². The summed E-state index contributed by atoms with van der Waals surface area (Å²) in [6, 6.07) is 7.11. The van der Waals surface area contributed by atoms with Crippen LogP contribution in [0.15, 0.2) is 36.9 Å². The van der Waals surface area contributed by atoms with E-state index < -0.39 is 35.5 Å². The van der Waals surface area contributed by atoms with Crippen LogP contribution in [0.5, 0.6) is 11.9 Å². The molecule has 4 atom stereocenters. The Morgan fingerprint density at radius 3 is 2.83 bits per heavy atom. The summed E-state index contributed by atoms with van der Waals surface area (Å²) in [5.74, 6) is -1.57. The number of fused-ring (bicyclic) bond motifs is 3. The molecule has 0 bridgehead atoms. The fourth-order valence-electron chi connectivity index (χ4n) is 7.51. The third-order valence-electron chi connectivity index (χ3n) is 9.74. The number of benzene rings is 2. The molecule has 0 radical (unpaired) electrons. The van der Waals surface area contributed by atoms with Crippen LogP contribution in [0.3, 0.4) is 0 Å². The van der Waals surface area contributed by atoms with E-state index in [1.54, 1.807) is 11.0 Å². The molecule has 3 fully saturated rings. The van der Waals surface area contributed by atoms with Crippen molar-refractivity contribution in [2.45, 2.75) is 49.5 Å². The highest BCUT2D eigenvalue weighted by Gasteiger charge is 2.49. The van der Waals surface area contributed by atoms with E-state index >= 15 is 4.39 Å². The summed E-state index contributed by atoms with van der Waals surface area (Å²) in [7, 11) is 1.52. The Hall–Kier alpha value is -4.45. The second-order valence-electron chi connectivity index (χ2n) is 12.5. The zero-order chi connectivity index (χ0) is 33.7. The van der Waals surface area contributed by atoms with Crippen molar-refractivity contribution in [3.05, 3.63) is 54.1 Å². The van der Waals surface area contributed by atoms with E-state index in [2.05, 4.69) is 21.4 Å². The molecular formula is C34H33F3N6O4S. The number of alkyl halides is 1. The number of nitrogens with two attached hydrogens (primary N) is 1. The Bertz CT molecular complexity index is 1980. The number of nitriles is 1. The maximum atomic E-state index is 16.8. The van der Waals surface area contributed by atoms with Gasteiger partial charge < -0.3 is 24.8 Å². The molecule has 10 nitrogen and oxygen atoms in total. The molecule has 14 heteroatoms. The number of halogens is 3. The summed E-state index contributed by atoms with van der Waals surface area (Å²) >= 11 is 0.922. The van der Waals surface area contributed by atoms with Crippen molar-refractivity contribution in [2.75, 3.05) is 45.7 Å². The molecular weight excluding hydrogens is 645 g/mol. The van der Waals surface area contributed by atoms with Gasteiger partial charge in [-0.1, -0.05) is 18.7 Å². The van der Waals surface area contributed by atoms with Crippen LogP contribution in [0, 0.1) is 23.0 Å². The van der Waals surface area contributed by atoms with Crippen molar-refractivity contribution in [3.8, 4) is 29.1 Å². The van der Waals surface area contributed by atoms with Gasteiger partial charge in [0, 0.05) is 44.0 Å². The molecule has 5 heterocycles. The summed E-state index contributed by atoms with van der Waals surface area (Å²) < 4.78 is 64.2. The van der Waals surface area contributed by atoms with Crippen LogP contribution in [0.25, 0.3) is 32.1 Å². The van der Waals surface area contributed by atoms with Crippen LogP contribution in [0.4, 0.5) is 18.2 Å². The molecule has 3 saturated heterocycles. The minimum Gasteiger partial charge on any atom is -0.471 e. The highest BCUT2D eigenvalue weighted by molar-refractivity contribution is 7.23. The van der Waals surface area contributed by atoms with Gasteiger partial charge >= 0.3 is 6.01 Å². The fraction of sp³-hybridized carbons (Fsp3) is 0.412. The molecule has 2 N–H and O–H groups in total. The number of hydrogen-bond acceptors (Lipinski definition) is 10. The second kappa shape index (κ2) is 12.5. The first kappa shape index (κ1) is 32.1. The van der Waals surface area contributed by atoms with Crippen LogP contribution in [0.1, 0.15) is 31.2 Å². The summed E-state index contributed by atoms with van der Waals surface area (Å²) in [4.78, 5) is 25.3. The van der Waals surface area contributed by atoms with Crippen LogP contribution in [0.2, 0.25) is 0 Å². The van der Waals surface area contributed by atoms with E-state index in [9.17, 15) is 18.8 Å². The van der Waals surface area contributed by atoms with Crippen LogP contribution in [-0.2, 0) is 9.53 Å². The van der Waals surface area contributed by atoms with Crippen molar-refractivity contribution in [3.63, 3.8) is 0 Å². The normalized spacial score (nSPS) is 23.9. The highest BCUT2D eigenvalue weighted by atomic mass is 32.1. The lowest BCUT2D eigenvalue weighted by Crippen LogP contribution is -2.44. The average molecular weight is 679 g/mol. The van der Waals surface area contributed by atoms with Gasteiger partial charge in [-0.25, -0.2) is 13.2 Å². The molecule has 3 aliphatic rings. The zero-order valence-corrected chi connectivity index (χ0v) is 27.0. The predicted octanol–water partition coefficient (Wildman–Crippen LogP) is 5.38. The predicted molar refractivity (Wildman–Crippen MR) is 175 cm³/mol. The van der Waals surface area contributed by atoms with Crippen molar-refractivity contribution in [1.29, 1.82) is 5.26 Å². The quantitative estimate of drug-likeness (QED) is 0.232. The number of likely N-dealkylation sites (tertiary alicyclic amines) is 1. The van der Waals surface area contributed by atoms with Gasteiger partial charge in [-0.05, 0) is 43.2 Å². The van der Waals surface area contributed by atoms with Crippen LogP contribution < -0.4 is 15.2 Å². The molecule has 3 aliphatic heterocycles. The van der Waals surface area contributed by atoms with Crippen LogP contribution in [-0.4, -0.2) is 89.5 Å². The Morgan fingerprint density at radius 2 is 2.06 bits per heavy atom. The number of rotatable bonds is 9. The number of hydrogen-bond donors (Lipinski definition) is 1. The molecule has 0 spiro atoms. The molecule has 4 unspecified atom stereocenters.